The molecule has 1 aliphatic heterocycles. The summed E-state index contributed by atoms with van der Waals surface area (Å²) in [5.74, 6) is -0.419. The molecule has 1 aromatic heterocycles. The van der Waals surface area contributed by atoms with Crippen LogP contribution < -0.4 is 15.5 Å². The minimum absolute atomic E-state index is 0.0718. The molecule has 10 heteroatoms. The van der Waals surface area contributed by atoms with Crippen molar-refractivity contribution in [3.63, 3.8) is 0 Å². The number of anilines is 2. The van der Waals surface area contributed by atoms with E-state index in [0.717, 1.165) is 31.4 Å². The fourth-order valence-electron chi connectivity index (χ4n) is 4.96. The maximum atomic E-state index is 13.6. The van der Waals surface area contributed by atoms with Crippen LogP contribution in [0.4, 0.5) is 11.4 Å². The van der Waals surface area contributed by atoms with E-state index < -0.39 is 6.04 Å². The van der Waals surface area contributed by atoms with E-state index in [2.05, 4.69) is 15.5 Å². The van der Waals surface area contributed by atoms with Gasteiger partial charge < -0.3 is 20.3 Å². The summed E-state index contributed by atoms with van der Waals surface area (Å²) in [6.07, 6.45) is 6.66. The number of nitrogens with one attached hydrogen (secondary N) is 2. The van der Waals surface area contributed by atoms with Crippen molar-refractivity contribution in [1.29, 1.82) is 0 Å². The molecule has 1 saturated heterocycles. The van der Waals surface area contributed by atoms with Gasteiger partial charge in [0.1, 0.15) is 12.6 Å². The summed E-state index contributed by atoms with van der Waals surface area (Å²) in [4.78, 5) is 43.1. The molecule has 2 N–H and O–H groups in total. The van der Waals surface area contributed by atoms with Gasteiger partial charge in [-0.15, -0.1) is 11.3 Å². The van der Waals surface area contributed by atoms with Crippen molar-refractivity contribution in [2.24, 2.45) is 0 Å². The second-order valence-electron chi connectivity index (χ2n) is 9.58. The Bertz CT molecular complexity index is 1090. The second kappa shape index (κ2) is 11.3. The van der Waals surface area contributed by atoms with Gasteiger partial charge in [0.05, 0.1) is 15.8 Å². The lowest BCUT2D eigenvalue weighted by atomic mass is 9.83. The number of benzene rings is 1. The summed E-state index contributed by atoms with van der Waals surface area (Å²) in [6, 6.07) is 11.0. The van der Waals surface area contributed by atoms with E-state index in [4.69, 9.17) is 16.3 Å². The fourth-order valence-corrected chi connectivity index (χ4v) is 5.92. The molecule has 1 atom stereocenters. The van der Waals surface area contributed by atoms with Gasteiger partial charge in [-0.05, 0) is 62.1 Å². The molecular weight excluding hydrogens is 500 g/mol. The molecule has 0 radical (unpaired) electrons. The first kappa shape index (κ1) is 25.2. The summed E-state index contributed by atoms with van der Waals surface area (Å²) >= 11 is 7.23. The Labute approximate surface area is 219 Å². The van der Waals surface area contributed by atoms with Crippen LogP contribution in [0.3, 0.4) is 0 Å². The molecule has 0 bridgehead atoms. The van der Waals surface area contributed by atoms with Gasteiger partial charge >= 0.3 is 0 Å². The predicted molar refractivity (Wildman–Crippen MR) is 141 cm³/mol. The van der Waals surface area contributed by atoms with Crippen LogP contribution in [0.2, 0.25) is 4.34 Å². The van der Waals surface area contributed by atoms with Gasteiger partial charge in [0.25, 0.3) is 11.8 Å². The van der Waals surface area contributed by atoms with E-state index in [1.165, 1.54) is 24.2 Å². The van der Waals surface area contributed by atoms with Crippen LogP contribution in [0.25, 0.3) is 0 Å². The Morgan fingerprint density at radius 1 is 1.08 bits per heavy atom. The van der Waals surface area contributed by atoms with E-state index in [-0.39, 0.29) is 30.9 Å². The van der Waals surface area contributed by atoms with Crippen molar-refractivity contribution in [2.45, 2.75) is 56.7 Å². The minimum Gasteiger partial charge on any atom is -0.370 e. The Kier molecular flexibility index (Phi) is 7.90. The van der Waals surface area contributed by atoms with Crippen LogP contribution in [0.5, 0.6) is 0 Å². The zero-order chi connectivity index (χ0) is 25.1. The molecule has 0 spiro atoms. The van der Waals surface area contributed by atoms with Crippen molar-refractivity contribution >= 4 is 52.0 Å². The van der Waals surface area contributed by atoms with Crippen LogP contribution in [0.15, 0.2) is 36.4 Å². The van der Waals surface area contributed by atoms with E-state index in [0.29, 0.717) is 40.1 Å². The highest BCUT2D eigenvalue weighted by atomic mass is 35.5. The number of morpholine rings is 1. The minimum atomic E-state index is -0.472. The molecule has 3 fully saturated rings. The summed E-state index contributed by atoms with van der Waals surface area (Å²) in [7, 11) is 0. The molecule has 2 aromatic rings. The van der Waals surface area contributed by atoms with Crippen LogP contribution in [-0.4, -0.2) is 67.1 Å². The third-order valence-electron chi connectivity index (χ3n) is 7.34. The van der Waals surface area contributed by atoms with Crippen molar-refractivity contribution in [2.75, 3.05) is 36.5 Å². The number of thiophene rings is 1. The molecule has 192 valence electrons. The fraction of sp³-hybridized carbons (Fsp3) is 0.500. The summed E-state index contributed by atoms with van der Waals surface area (Å²) < 4.78 is 5.76. The van der Waals surface area contributed by atoms with Crippen molar-refractivity contribution in [1.82, 2.24) is 10.2 Å². The molecular formula is C26H31ClN4O4S. The lowest BCUT2D eigenvalue weighted by Crippen LogP contribution is -2.61. The third-order valence-corrected chi connectivity index (χ3v) is 8.57. The average molecular weight is 531 g/mol. The summed E-state index contributed by atoms with van der Waals surface area (Å²) in [6.45, 7) is 1.34. The monoisotopic (exact) mass is 530 g/mol. The number of amides is 3. The lowest BCUT2D eigenvalue weighted by molar-refractivity contribution is -0.126. The molecule has 2 aliphatic carbocycles. The van der Waals surface area contributed by atoms with Crippen LogP contribution in [-0.2, 0) is 14.3 Å². The number of hydrogen-bond acceptors (Lipinski definition) is 6. The van der Waals surface area contributed by atoms with Gasteiger partial charge in [-0.3, -0.25) is 19.3 Å². The zero-order valence-electron chi connectivity index (χ0n) is 20.1. The first-order valence-electron chi connectivity index (χ1n) is 12.6. The normalized spacial score (nSPS) is 19.5. The second-order valence-corrected chi connectivity index (χ2v) is 11.3. The highest BCUT2D eigenvalue weighted by Crippen LogP contribution is 2.35. The predicted octanol–water partition coefficient (Wildman–Crippen LogP) is 3.91. The number of carbonyl (C=O) groups excluding carboxylic acids is 3. The summed E-state index contributed by atoms with van der Waals surface area (Å²) in [5, 5.41) is 6.04. The van der Waals surface area contributed by atoms with Crippen LogP contribution in [0.1, 0.15) is 48.2 Å². The topological polar surface area (TPSA) is 91.0 Å². The Morgan fingerprint density at radius 3 is 2.33 bits per heavy atom. The maximum absolute atomic E-state index is 13.6. The van der Waals surface area contributed by atoms with Gasteiger partial charge in [0, 0.05) is 36.5 Å². The number of halogens is 1. The van der Waals surface area contributed by atoms with Gasteiger partial charge in [-0.2, -0.15) is 0 Å². The first-order chi connectivity index (χ1) is 17.5. The van der Waals surface area contributed by atoms with Crippen LogP contribution in [0, 0.1) is 0 Å². The highest BCUT2D eigenvalue weighted by Gasteiger charge is 2.41. The standard InChI is InChI=1S/C26H31ClN4O4S/c27-23-12-11-22(36-23)26(34)28-15-21(31(19-3-1-4-19)20-5-2-6-20)25(33)29-17-7-9-18(10-8-17)30-13-14-35-16-24(30)32/h7-12,19-21H,1-6,13-16H2,(H,28,34)(H,29,33)/t21-/m1/s1. The quantitative estimate of drug-likeness (QED) is 0.513. The van der Waals surface area contributed by atoms with E-state index in [9.17, 15) is 14.4 Å². The van der Waals surface area contributed by atoms with Crippen molar-refractivity contribution in [3.8, 4) is 0 Å². The number of carbonyl (C=O) groups is 3. The molecule has 2 heterocycles. The lowest BCUT2D eigenvalue weighted by Gasteiger charge is -2.49. The third kappa shape index (κ3) is 5.59. The molecule has 2 saturated carbocycles. The first-order valence-corrected chi connectivity index (χ1v) is 13.8. The van der Waals surface area contributed by atoms with Gasteiger partial charge in [0.15, 0.2) is 0 Å². The molecule has 5 rings (SSSR count). The molecule has 0 unspecified atom stereocenters. The zero-order valence-corrected chi connectivity index (χ0v) is 21.7. The Hall–Kier alpha value is -2.46. The molecule has 1 aromatic carbocycles. The highest BCUT2D eigenvalue weighted by molar-refractivity contribution is 7.18. The number of hydrogen-bond donors (Lipinski definition) is 2. The number of rotatable bonds is 9. The average Bonchev–Trinajstić information content (AvgIpc) is 3.24. The number of ether oxygens (including phenoxy) is 1. The van der Waals surface area contributed by atoms with Gasteiger partial charge in [-0.25, -0.2) is 0 Å². The van der Waals surface area contributed by atoms with Gasteiger partial charge in [0.2, 0.25) is 5.91 Å². The number of nitrogens with zero attached hydrogens (tertiary/aromatic N) is 2. The SMILES string of the molecule is O=C(NC[C@H](C(=O)Nc1ccc(N2CCOCC2=O)cc1)N(C1CCC1)C1CCC1)c1ccc(Cl)s1. The smallest absolute Gasteiger partial charge is 0.261 e. The maximum Gasteiger partial charge on any atom is 0.261 e. The van der Waals surface area contributed by atoms with Crippen molar-refractivity contribution in [3.05, 3.63) is 45.6 Å². The van der Waals surface area contributed by atoms with E-state index in [1.807, 2.05) is 24.3 Å². The molecule has 8 nitrogen and oxygen atoms in total. The van der Waals surface area contributed by atoms with Crippen LogP contribution >= 0.6 is 22.9 Å². The molecule has 3 aliphatic rings. The van der Waals surface area contributed by atoms with E-state index >= 15 is 0 Å². The largest absolute Gasteiger partial charge is 0.370 e. The van der Waals surface area contributed by atoms with E-state index in [1.54, 1.807) is 17.0 Å². The molecule has 36 heavy (non-hydrogen) atoms. The van der Waals surface area contributed by atoms with Crippen molar-refractivity contribution < 1.29 is 19.1 Å². The van der Waals surface area contributed by atoms with Gasteiger partial charge in [-0.1, -0.05) is 24.4 Å². The summed E-state index contributed by atoms with van der Waals surface area (Å²) in [5.41, 5.74) is 1.44. The molecule has 3 amide bonds. The Balaban J connectivity index is 1.30. The Morgan fingerprint density at radius 2 is 1.78 bits per heavy atom.